The molecule has 1 amide bonds. The van der Waals surface area contributed by atoms with Crippen LogP contribution in [-0.2, 0) is 4.79 Å². The summed E-state index contributed by atoms with van der Waals surface area (Å²) in [4.78, 5) is 31.2. The topological polar surface area (TPSA) is 75.4 Å². The third kappa shape index (κ3) is 3.84. The molecule has 4 rings (SSSR count). The van der Waals surface area contributed by atoms with Gasteiger partial charge in [-0.3, -0.25) is 19.5 Å². The second-order valence-electron chi connectivity index (χ2n) is 7.24. The molecular weight excluding hydrogens is 366 g/mol. The average molecular weight is 389 g/mol. The van der Waals surface area contributed by atoms with Gasteiger partial charge in [0.2, 0.25) is 5.91 Å². The first-order chi connectivity index (χ1) is 14.0. The maximum atomic E-state index is 12.9. The fraction of sp³-hybridized carbons (Fsp3) is 0.261. The van der Waals surface area contributed by atoms with Gasteiger partial charge in [0.25, 0.3) is 0 Å². The van der Waals surface area contributed by atoms with Crippen molar-refractivity contribution in [2.45, 2.75) is 26.3 Å². The van der Waals surface area contributed by atoms with Gasteiger partial charge >= 0.3 is 0 Å². The number of nitrogens with one attached hydrogen (secondary N) is 1. The highest BCUT2D eigenvalue weighted by molar-refractivity contribution is 6.11. The number of carbonyl (C=O) groups is 2. The van der Waals surface area contributed by atoms with Crippen molar-refractivity contribution in [2.24, 2.45) is 0 Å². The molecule has 1 aliphatic rings. The van der Waals surface area contributed by atoms with Gasteiger partial charge in [0.1, 0.15) is 5.58 Å². The van der Waals surface area contributed by atoms with Crippen LogP contribution in [0.25, 0.3) is 16.5 Å². The summed E-state index contributed by atoms with van der Waals surface area (Å²) in [6, 6.07) is 11.0. The van der Waals surface area contributed by atoms with E-state index in [-0.39, 0.29) is 23.5 Å². The van der Waals surface area contributed by atoms with Crippen molar-refractivity contribution >= 4 is 33.9 Å². The SMILES string of the molecule is CC(=O)c1oc2ccccc2c1NC(=O)[C@@H](C)N1CC=C(c2cccnc2)CC1. The summed E-state index contributed by atoms with van der Waals surface area (Å²) in [6.45, 7) is 4.78. The first-order valence-corrected chi connectivity index (χ1v) is 9.71. The zero-order valence-electron chi connectivity index (χ0n) is 16.5. The zero-order chi connectivity index (χ0) is 20.4. The second-order valence-corrected chi connectivity index (χ2v) is 7.24. The molecule has 1 aromatic carbocycles. The van der Waals surface area contributed by atoms with Crippen molar-refractivity contribution in [3.8, 4) is 0 Å². The van der Waals surface area contributed by atoms with Gasteiger partial charge in [-0.25, -0.2) is 0 Å². The van der Waals surface area contributed by atoms with Crippen LogP contribution in [0.3, 0.4) is 0 Å². The van der Waals surface area contributed by atoms with E-state index >= 15 is 0 Å². The molecule has 6 heteroatoms. The Morgan fingerprint density at radius 2 is 2.03 bits per heavy atom. The highest BCUT2D eigenvalue weighted by Crippen LogP contribution is 2.31. The van der Waals surface area contributed by atoms with E-state index in [4.69, 9.17) is 4.42 Å². The van der Waals surface area contributed by atoms with E-state index in [1.807, 2.05) is 37.4 Å². The largest absolute Gasteiger partial charge is 0.451 e. The number of Topliss-reactive ketones (excluding diaryl/α,β-unsaturated/α-hetero) is 1. The number of anilines is 1. The van der Waals surface area contributed by atoms with Crippen LogP contribution in [0.2, 0.25) is 0 Å². The molecule has 1 aliphatic heterocycles. The molecule has 0 radical (unpaired) electrons. The molecule has 2 aromatic heterocycles. The third-order valence-electron chi connectivity index (χ3n) is 5.36. The molecule has 0 saturated carbocycles. The van der Waals surface area contributed by atoms with Gasteiger partial charge in [0, 0.05) is 37.8 Å². The van der Waals surface area contributed by atoms with E-state index < -0.39 is 0 Å². The van der Waals surface area contributed by atoms with Crippen LogP contribution >= 0.6 is 0 Å². The van der Waals surface area contributed by atoms with E-state index in [1.165, 1.54) is 12.5 Å². The third-order valence-corrected chi connectivity index (χ3v) is 5.36. The molecule has 0 spiro atoms. The summed E-state index contributed by atoms with van der Waals surface area (Å²) in [5.41, 5.74) is 3.41. The number of benzene rings is 1. The van der Waals surface area contributed by atoms with Crippen molar-refractivity contribution in [2.75, 3.05) is 18.4 Å². The Bertz CT molecular complexity index is 1090. The predicted octanol–water partition coefficient (Wildman–Crippen LogP) is 4.15. The summed E-state index contributed by atoms with van der Waals surface area (Å²) in [5.74, 6) is -0.187. The molecule has 29 heavy (non-hydrogen) atoms. The molecular formula is C23H23N3O3. The second kappa shape index (κ2) is 8.01. The number of hydrogen-bond donors (Lipinski definition) is 1. The number of furan rings is 1. The standard InChI is InChI=1S/C23H23N3O3/c1-15(26-12-9-17(10-13-26)18-6-5-11-24-14-18)23(28)25-21-19-7-3-4-8-20(19)29-22(21)16(2)27/h3-9,11,14-15H,10,12-13H2,1-2H3,(H,25,28)/t15-/m1/s1. The minimum Gasteiger partial charge on any atom is -0.451 e. The molecule has 3 heterocycles. The minimum atomic E-state index is -0.338. The average Bonchev–Trinajstić information content (AvgIpc) is 3.13. The summed E-state index contributed by atoms with van der Waals surface area (Å²) in [6.07, 6.45) is 6.64. The fourth-order valence-electron chi connectivity index (χ4n) is 3.66. The Morgan fingerprint density at radius 3 is 2.72 bits per heavy atom. The van der Waals surface area contributed by atoms with Crippen LogP contribution in [0, 0.1) is 0 Å². The molecule has 0 fully saturated rings. The lowest BCUT2D eigenvalue weighted by atomic mass is 10.00. The zero-order valence-corrected chi connectivity index (χ0v) is 16.5. The predicted molar refractivity (Wildman–Crippen MR) is 113 cm³/mol. The maximum Gasteiger partial charge on any atom is 0.241 e. The Hall–Kier alpha value is -3.25. The number of pyridine rings is 1. The summed E-state index contributed by atoms with van der Waals surface area (Å²) in [5, 5.41) is 3.66. The van der Waals surface area contributed by atoms with Crippen molar-refractivity contribution < 1.29 is 14.0 Å². The van der Waals surface area contributed by atoms with E-state index in [2.05, 4.69) is 27.3 Å². The first-order valence-electron chi connectivity index (χ1n) is 9.71. The highest BCUT2D eigenvalue weighted by atomic mass is 16.3. The number of nitrogens with zero attached hydrogens (tertiary/aromatic N) is 2. The number of carbonyl (C=O) groups excluding carboxylic acids is 2. The Morgan fingerprint density at radius 1 is 1.21 bits per heavy atom. The van der Waals surface area contributed by atoms with E-state index in [1.54, 1.807) is 12.3 Å². The van der Waals surface area contributed by atoms with Crippen molar-refractivity contribution in [3.05, 3.63) is 66.2 Å². The van der Waals surface area contributed by atoms with Crippen LogP contribution < -0.4 is 5.32 Å². The number of para-hydroxylation sites is 1. The maximum absolute atomic E-state index is 12.9. The van der Waals surface area contributed by atoms with Crippen molar-refractivity contribution in [3.63, 3.8) is 0 Å². The summed E-state index contributed by atoms with van der Waals surface area (Å²) < 4.78 is 5.66. The molecule has 0 bridgehead atoms. The summed E-state index contributed by atoms with van der Waals surface area (Å²) in [7, 11) is 0. The lowest BCUT2D eigenvalue weighted by molar-refractivity contribution is -0.120. The molecule has 0 aliphatic carbocycles. The number of fused-ring (bicyclic) bond motifs is 1. The van der Waals surface area contributed by atoms with Gasteiger partial charge in [-0.1, -0.05) is 24.3 Å². The molecule has 1 N–H and O–H groups in total. The smallest absolute Gasteiger partial charge is 0.241 e. The lowest BCUT2D eigenvalue weighted by Crippen LogP contribution is -2.44. The first kappa shape index (κ1) is 19.1. The van der Waals surface area contributed by atoms with Gasteiger partial charge in [-0.15, -0.1) is 0 Å². The number of aromatic nitrogens is 1. The molecule has 0 unspecified atom stereocenters. The van der Waals surface area contributed by atoms with Gasteiger partial charge in [0.15, 0.2) is 11.5 Å². The molecule has 3 aromatic rings. The molecule has 1 atom stereocenters. The highest BCUT2D eigenvalue weighted by Gasteiger charge is 2.26. The lowest BCUT2D eigenvalue weighted by Gasteiger charge is -2.31. The molecule has 148 valence electrons. The van der Waals surface area contributed by atoms with Crippen molar-refractivity contribution in [1.29, 1.82) is 0 Å². The van der Waals surface area contributed by atoms with E-state index in [0.717, 1.165) is 23.9 Å². The van der Waals surface area contributed by atoms with Crippen LogP contribution in [0.5, 0.6) is 0 Å². The Kier molecular flexibility index (Phi) is 5.27. The normalized spacial score (nSPS) is 15.7. The van der Waals surface area contributed by atoms with Crippen LogP contribution in [-0.4, -0.2) is 40.7 Å². The number of hydrogen-bond acceptors (Lipinski definition) is 5. The van der Waals surface area contributed by atoms with Crippen LogP contribution in [0.1, 0.15) is 36.4 Å². The van der Waals surface area contributed by atoms with Gasteiger partial charge in [0.05, 0.1) is 11.7 Å². The van der Waals surface area contributed by atoms with E-state index in [0.29, 0.717) is 17.8 Å². The van der Waals surface area contributed by atoms with E-state index in [9.17, 15) is 9.59 Å². The van der Waals surface area contributed by atoms with Crippen molar-refractivity contribution in [1.82, 2.24) is 9.88 Å². The Labute approximate surface area is 169 Å². The number of ketones is 1. The quantitative estimate of drug-likeness (QED) is 0.664. The number of rotatable bonds is 5. The Balaban J connectivity index is 1.50. The fourth-order valence-corrected chi connectivity index (χ4v) is 3.66. The monoisotopic (exact) mass is 389 g/mol. The summed E-state index contributed by atoms with van der Waals surface area (Å²) >= 11 is 0. The molecule has 0 saturated heterocycles. The van der Waals surface area contributed by atoms with Gasteiger partial charge < -0.3 is 9.73 Å². The van der Waals surface area contributed by atoms with Crippen LogP contribution in [0.15, 0.2) is 59.3 Å². The number of amides is 1. The van der Waals surface area contributed by atoms with Gasteiger partial charge in [-0.2, -0.15) is 0 Å². The van der Waals surface area contributed by atoms with Crippen LogP contribution in [0.4, 0.5) is 5.69 Å². The van der Waals surface area contributed by atoms with Gasteiger partial charge in [-0.05, 0) is 42.7 Å². The molecule has 6 nitrogen and oxygen atoms in total. The minimum absolute atomic E-state index is 0.155.